The molecule has 0 saturated carbocycles. The lowest BCUT2D eigenvalue weighted by Gasteiger charge is -2.14. The average Bonchev–Trinajstić information content (AvgIpc) is 2.17. The fraction of sp³-hybridized carbons (Fsp3) is 0.538. The smallest absolute Gasteiger partial charge is 0.0916 e. The van der Waals surface area contributed by atoms with Crippen LogP contribution >= 0.6 is 0 Å². The fourth-order valence-corrected chi connectivity index (χ4v) is 1.73. The molecule has 2 N–H and O–H groups in total. The highest BCUT2D eigenvalue weighted by molar-refractivity contribution is 5.32. The van der Waals surface area contributed by atoms with E-state index in [0.29, 0.717) is 6.54 Å². The van der Waals surface area contributed by atoms with Gasteiger partial charge in [0.25, 0.3) is 0 Å². The van der Waals surface area contributed by atoms with Crippen molar-refractivity contribution in [1.29, 1.82) is 0 Å². The van der Waals surface area contributed by atoms with Crippen LogP contribution in [0.5, 0.6) is 0 Å². The van der Waals surface area contributed by atoms with E-state index in [9.17, 15) is 5.11 Å². The van der Waals surface area contributed by atoms with Crippen molar-refractivity contribution >= 4 is 0 Å². The van der Waals surface area contributed by atoms with Crippen molar-refractivity contribution in [3.8, 4) is 0 Å². The molecule has 0 saturated heterocycles. The predicted octanol–water partition coefficient (Wildman–Crippen LogP) is 2.34. The molecule has 1 atom stereocenters. The molecular formula is C13H21NO. The van der Waals surface area contributed by atoms with Gasteiger partial charge in [-0.3, -0.25) is 0 Å². The summed E-state index contributed by atoms with van der Waals surface area (Å²) < 4.78 is 0. The quantitative estimate of drug-likeness (QED) is 0.726. The minimum Gasteiger partial charge on any atom is -0.387 e. The number of aliphatic hydroxyl groups is 1. The Balaban J connectivity index is 2.61. The van der Waals surface area contributed by atoms with Gasteiger partial charge in [-0.1, -0.05) is 30.7 Å². The summed E-state index contributed by atoms with van der Waals surface area (Å²) in [7, 11) is 0. The lowest BCUT2D eigenvalue weighted by Crippen LogP contribution is -2.22. The molecule has 0 heterocycles. The van der Waals surface area contributed by atoms with E-state index in [1.54, 1.807) is 0 Å². The number of hydrogen-bond acceptors (Lipinski definition) is 2. The van der Waals surface area contributed by atoms with E-state index in [2.05, 4.69) is 25.2 Å². The third-order valence-electron chi connectivity index (χ3n) is 2.55. The molecule has 1 aromatic rings. The summed E-state index contributed by atoms with van der Waals surface area (Å²) in [6.45, 7) is 7.83. The van der Waals surface area contributed by atoms with Gasteiger partial charge < -0.3 is 10.4 Å². The van der Waals surface area contributed by atoms with Gasteiger partial charge in [-0.15, -0.1) is 0 Å². The highest BCUT2D eigenvalue weighted by Crippen LogP contribution is 2.18. The first kappa shape index (κ1) is 12.2. The highest BCUT2D eigenvalue weighted by Gasteiger charge is 2.09. The van der Waals surface area contributed by atoms with E-state index in [0.717, 1.165) is 18.5 Å². The van der Waals surface area contributed by atoms with Crippen molar-refractivity contribution in [1.82, 2.24) is 5.32 Å². The second kappa shape index (κ2) is 5.89. The third kappa shape index (κ3) is 3.65. The van der Waals surface area contributed by atoms with Crippen LogP contribution in [-0.2, 0) is 0 Å². The van der Waals surface area contributed by atoms with Crippen molar-refractivity contribution in [3.05, 3.63) is 34.9 Å². The van der Waals surface area contributed by atoms with Gasteiger partial charge in [0.2, 0.25) is 0 Å². The summed E-state index contributed by atoms with van der Waals surface area (Å²) in [6, 6.07) is 6.17. The van der Waals surface area contributed by atoms with Gasteiger partial charge in [-0.05, 0) is 37.9 Å². The van der Waals surface area contributed by atoms with E-state index in [1.807, 2.05) is 19.1 Å². The van der Waals surface area contributed by atoms with Crippen LogP contribution in [0, 0.1) is 13.8 Å². The lowest BCUT2D eigenvalue weighted by molar-refractivity contribution is 0.174. The Morgan fingerprint density at radius 1 is 1.33 bits per heavy atom. The molecule has 1 rings (SSSR count). The maximum absolute atomic E-state index is 9.96. The zero-order valence-electron chi connectivity index (χ0n) is 9.88. The summed E-state index contributed by atoms with van der Waals surface area (Å²) in [4.78, 5) is 0. The zero-order valence-corrected chi connectivity index (χ0v) is 9.88. The Morgan fingerprint density at radius 3 is 2.67 bits per heavy atom. The summed E-state index contributed by atoms with van der Waals surface area (Å²) in [5.74, 6) is 0. The Hall–Kier alpha value is -0.860. The predicted molar refractivity (Wildman–Crippen MR) is 64.0 cm³/mol. The highest BCUT2D eigenvalue weighted by atomic mass is 16.3. The number of nitrogens with one attached hydrogen (secondary N) is 1. The van der Waals surface area contributed by atoms with Gasteiger partial charge in [-0.2, -0.15) is 0 Å². The second-order valence-electron chi connectivity index (χ2n) is 4.08. The largest absolute Gasteiger partial charge is 0.387 e. The minimum atomic E-state index is -0.392. The van der Waals surface area contributed by atoms with Crippen LogP contribution in [0.25, 0.3) is 0 Å². The van der Waals surface area contributed by atoms with E-state index in [1.165, 1.54) is 11.1 Å². The van der Waals surface area contributed by atoms with Gasteiger partial charge in [-0.25, -0.2) is 0 Å². The molecule has 0 aliphatic rings. The van der Waals surface area contributed by atoms with Crippen LogP contribution in [0.4, 0.5) is 0 Å². The zero-order chi connectivity index (χ0) is 11.3. The summed E-state index contributed by atoms with van der Waals surface area (Å²) >= 11 is 0. The van der Waals surface area contributed by atoms with Crippen molar-refractivity contribution < 1.29 is 5.11 Å². The minimum absolute atomic E-state index is 0.392. The van der Waals surface area contributed by atoms with Crippen molar-refractivity contribution in [2.24, 2.45) is 0 Å². The molecule has 0 amide bonds. The third-order valence-corrected chi connectivity index (χ3v) is 2.55. The standard InChI is InChI=1S/C13H21NO/c1-4-7-14-9-13(15)12-6-5-10(2)8-11(12)3/h5-6,8,13-15H,4,7,9H2,1-3H3. The topological polar surface area (TPSA) is 32.3 Å². The van der Waals surface area contributed by atoms with Gasteiger partial charge >= 0.3 is 0 Å². The molecule has 2 nitrogen and oxygen atoms in total. The maximum Gasteiger partial charge on any atom is 0.0916 e. The first-order valence-electron chi connectivity index (χ1n) is 5.61. The van der Waals surface area contributed by atoms with Crippen LogP contribution < -0.4 is 5.32 Å². The van der Waals surface area contributed by atoms with E-state index in [-0.39, 0.29) is 0 Å². The molecule has 0 radical (unpaired) electrons. The molecule has 1 aromatic carbocycles. The summed E-state index contributed by atoms with van der Waals surface area (Å²) in [6.07, 6.45) is 0.705. The lowest BCUT2D eigenvalue weighted by atomic mass is 10.0. The van der Waals surface area contributed by atoms with Crippen molar-refractivity contribution in [2.75, 3.05) is 13.1 Å². The molecule has 15 heavy (non-hydrogen) atoms. The van der Waals surface area contributed by atoms with Crippen LogP contribution in [0.3, 0.4) is 0 Å². The molecular weight excluding hydrogens is 186 g/mol. The molecule has 84 valence electrons. The van der Waals surface area contributed by atoms with Crippen molar-refractivity contribution in [3.63, 3.8) is 0 Å². The molecule has 1 unspecified atom stereocenters. The van der Waals surface area contributed by atoms with Gasteiger partial charge in [0, 0.05) is 6.54 Å². The monoisotopic (exact) mass is 207 g/mol. The Kier molecular flexibility index (Phi) is 4.79. The van der Waals surface area contributed by atoms with Gasteiger partial charge in [0.05, 0.1) is 6.10 Å². The number of hydrogen-bond donors (Lipinski definition) is 2. The normalized spacial score (nSPS) is 12.8. The molecule has 2 heteroatoms. The van der Waals surface area contributed by atoms with E-state index < -0.39 is 6.10 Å². The van der Waals surface area contributed by atoms with Gasteiger partial charge in [0.1, 0.15) is 0 Å². The SMILES string of the molecule is CCCNCC(O)c1ccc(C)cc1C. The second-order valence-corrected chi connectivity index (χ2v) is 4.08. The maximum atomic E-state index is 9.96. The molecule has 0 aliphatic carbocycles. The van der Waals surface area contributed by atoms with Crippen LogP contribution in [-0.4, -0.2) is 18.2 Å². The Morgan fingerprint density at radius 2 is 2.07 bits per heavy atom. The average molecular weight is 207 g/mol. The first-order valence-corrected chi connectivity index (χ1v) is 5.61. The number of aryl methyl sites for hydroxylation is 2. The first-order chi connectivity index (χ1) is 7.15. The Labute approximate surface area is 92.3 Å². The molecule has 0 bridgehead atoms. The van der Waals surface area contributed by atoms with E-state index in [4.69, 9.17) is 0 Å². The Bertz CT molecular complexity index is 309. The van der Waals surface area contributed by atoms with Crippen LogP contribution in [0.1, 0.15) is 36.1 Å². The summed E-state index contributed by atoms with van der Waals surface area (Å²) in [5, 5.41) is 13.2. The number of aliphatic hydroxyl groups excluding tert-OH is 1. The van der Waals surface area contributed by atoms with Gasteiger partial charge in [0.15, 0.2) is 0 Å². The van der Waals surface area contributed by atoms with E-state index >= 15 is 0 Å². The van der Waals surface area contributed by atoms with Crippen LogP contribution in [0.2, 0.25) is 0 Å². The van der Waals surface area contributed by atoms with Crippen molar-refractivity contribution in [2.45, 2.75) is 33.3 Å². The summed E-state index contributed by atoms with van der Waals surface area (Å²) in [5.41, 5.74) is 3.44. The molecule has 0 aliphatic heterocycles. The number of benzene rings is 1. The number of rotatable bonds is 5. The fourth-order valence-electron chi connectivity index (χ4n) is 1.73. The molecule has 0 spiro atoms. The molecule has 0 aromatic heterocycles. The molecule has 0 fully saturated rings. The van der Waals surface area contributed by atoms with Crippen LogP contribution in [0.15, 0.2) is 18.2 Å².